The number of halogens is 1. The molecule has 86 valence electrons. The third-order valence-electron chi connectivity index (χ3n) is 2.69. The Morgan fingerprint density at radius 1 is 1.69 bits per heavy atom. The summed E-state index contributed by atoms with van der Waals surface area (Å²) in [6, 6.07) is 3.63. The normalized spacial score (nSPS) is 24.4. The zero-order chi connectivity index (χ0) is 11.6. The number of anilines is 1. The first kappa shape index (κ1) is 11.5. The van der Waals surface area contributed by atoms with E-state index in [-0.39, 0.29) is 5.91 Å². The Kier molecular flexibility index (Phi) is 3.25. The van der Waals surface area contributed by atoms with E-state index in [2.05, 4.69) is 26.2 Å². The van der Waals surface area contributed by atoms with E-state index in [0.29, 0.717) is 12.4 Å². The minimum Gasteiger partial charge on any atom is -0.365 e. The fraction of sp³-hybridized carbons (Fsp3) is 0.455. The number of hydrogen-bond donors (Lipinski definition) is 1. The molecule has 1 unspecified atom stereocenters. The van der Waals surface area contributed by atoms with Gasteiger partial charge in [0.2, 0.25) is 0 Å². The summed E-state index contributed by atoms with van der Waals surface area (Å²) >= 11 is 3.33. The molecule has 1 aliphatic heterocycles. The van der Waals surface area contributed by atoms with Crippen molar-refractivity contribution >= 4 is 27.7 Å². The van der Waals surface area contributed by atoms with Gasteiger partial charge < -0.3 is 10.1 Å². The van der Waals surface area contributed by atoms with Gasteiger partial charge in [0.05, 0.1) is 4.47 Å². The van der Waals surface area contributed by atoms with Crippen LogP contribution < -0.4 is 5.32 Å². The Bertz CT molecular complexity index is 403. The average Bonchev–Trinajstić information content (AvgIpc) is 2.70. The predicted molar refractivity (Wildman–Crippen MR) is 64.2 cm³/mol. The highest BCUT2D eigenvalue weighted by atomic mass is 79.9. The van der Waals surface area contributed by atoms with Gasteiger partial charge in [0, 0.05) is 12.8 Å². The first-order valence-electron chi connectivity index (χ1n) is 5.18. The molecule has 1 aliphatic rings. The quantitative estimate of drug-likeness (QED) is 0.907. The smallest absolute Gasteiger partial charge is 0.257 e. The van der Waals surface area contributed by atoms with Crippen LogP contribution in [0.5, 0.6) is 0 Å². The lowest BCUT2D eigenvalue weighted by Gasteiger charge is -2.21. The van der Waals surface area contributed by atoms with E-state index in [1.54, 1.807) is 12.3 Å². The number of pyridine rings is 1. The third-order valence-corrected chi connectivity index (χ3v) is 3.33. The lowest BCUT2D eigenvalue weighted by atomic mass is 10.0. The molecule has 0 radical (unpaired) electrons. The third kappa shape index (κ3) is 2.25. The van der Waals surface area contributed by atoms with Gasteiger partial charge in [-0.05, 0) is 47.8 Å². The van der Waals surface area contributed by atoms with Crippen LogP contribution in [0.4, 0.5) is 5.82 Å². The number of aromatic nitrogens is 1. The maximum atomic E-state index is 12.0. The van der Waals surface area contributed by atoms with E-state index >= 15 is 0 Å². The summed E-state index contributed by atoms with van der Waals surface area (Å²) in [5, 5.41) is 2.77. The molecule has 1 N–H and O–H groups in total. The van der Waals surface area contributed by atoms with E-state index in [9.17, 15) is 4.79 Å². The molecule has 5 heteroatoms. The maximum absolute atomic E-state index is 12.0. The minimum absolute atomic E-state index is 0.135. The van der Waals surface area contributed by atoms with Crippen molar-refractivity contribution in [3.8, 4) is 0 Å². The summed E-state index contributed by atoms with van der Waals surface area (Å²) in [5.74, 6) is 0.397. The SMILES string of the molecule is CC1(C(=O)Nc2ncccc2Br)CCCO1. The Balaban J connectivity index is 2.10. The van der Waals surface area contributed by atoms with E-state index < -0.39 is 5.60 Å². The highest BCUT2D eigenvalue weighted by Gasteiger charge is 2.38. The Labute approximate surface area is 103 Å². The largest absolute Gasteiger partial charge is 0.365 e. The molecule has 0 bridgehead atoms. The summed E-state index contributed by atoms with van der Waals surface area (Å²) in [6.45, 7) is 2.46. The van der Waals surface area contributed by atoms with Gasteiger partial charge in [-0.25, -0.2) is 4.98 Å². The molecule has 1 aromatic rings. The van der Waals surface area contributed by atoms with Gasteiger partial charge in [-0.1, -0.05) is 0 Å². The first-order chi connectivity index (χ1) is 7.62. The molecule has 1 fully saturated rings. The minimum atomic E-state index is -0.711. The van der Waals surface area contributed by atoms with Gasteiger partial charge in [-0.2, -0.15) is 0 Å². The van der Waals surface area contributed by atoms with Crippen molar-refractivity contribution < 1.29 is 9.53 Å². The highest BCUT2D eigenvalue weighted by molar-refractivity contribution is 9.10. The van der Waals surface area contributed by atoms with Crippen molar-refractivity contribution in [1.29, 1.82) is 0 Å². The molecule has 0 saturated carbocycles. The van der Waals surface area contributed by atoms with Gasteiger partial charge in [0.25, 0.3) is 5.91 Å². The second-order valence-corrected chi connectivity index (χ2v) is 4.83. The van der Waals surface area contributed by atoms with E-state index in [4.69, 9.17) is 4.74 Å². The molecule has 0 spiro atoms. The van der Waals surface area contributed by atoms with Crippen LogP contribution in [0.3, 0.4) is 0 Å². The van der Waals surface area contributed by atoms with Gasteiger partial charge in [0.1, 0.15) is 11.4 Å². The summed E-state index contributed by atoms with van der Waals surface area (Å²) < 4.78 is 6.23. The van der Waals surface area contributed by atoms with E-state index in [1.165, 1.54) is 0 Å². The van der Waals surface area contributed by atoms with Crippen LogP contribution in [0.15, 0.2) is 22.8 Å². The first-order valence-corrected chi connectivity index (χ1v) is 5.97. The van der Waals surface area contributed by atoms with Crippen LogP contribution in [-0.2, 0) is 9.53 Å². The van der Waals surface area contributed by atoms with Gasteiger partial charge in [-0.15, -0.1) is 0 Å². The second kappa shape index (κ2) is 4.51. The van der Waals surface area contributed by atoms with Crippen LogP contribution in [0, 0.1) is 0 Å². The van der Waals surface area contributed by atoms with Crippen molar-refractivity contribution in [2.24, 2.45) is 0 Å². The van der Waals surface area contributed by atoms with Crippen molar-refractivity contribution in [3.05, 3.63) is 22.8 Å². The van der Waals surface area contributed by atoms with Gasteiger partial charge in [0.15, 0.2) is 0 Å². The number of amides is 1. The lowest BCUT2D eigenvalue weighted by molar-refractivity contribution is -0.133. The topological polar surface area (TPSA) is 51.2 Å². The van der Waals surface area contributed by atoms with E-state index in [0.717, 1.165) is 17.3 Å². The molecule has 1 atom stereocenters. The van der Waals surface area contributed by atoms with Crippen molar-refractivity contribution in [2.75, 3.05) is 11.9 Å². The number of rotatable bonds is 2. The summed E-state index contributed by atoms with van der Waals surface area (Å²) in [4.78, 5) is 16.1. The van der Waals surface area contributed by atoms with E-state index in [1.807, 2.05) is 13.0 Å². The second-order valence-electron chi connectivity index (χ2n) is 3.97. The van der Waals surface area contributed by atoms with Crippen molar-refractivity contribution in [3.63, 3.8) is 0 Å². The molecule has 1 saturated heterocycles. The zero-order valence-corrected chi connectivity index (χ0v) is 10.6. The van der Waals surface area contributed by atoms with Crippen LogP contribution in [0.25, 0.3) is 0 Å². The fourth-order valence-corrected chi connectivity index (χ4v) is 2.03. The lowest BCUT2D eigenvalue weighted by Crippen LogP contribution is -2.39. The highest BCUT2D eigenvalue weighted by Crippen LogP contribution is 2.27. The maximum Gasteiger partial charge on any atom is 0.257 e. The predicted octanol–water partition coefficient (Wildman–Crippen LogP) is 2.35. The number of carbonyl (C=O) groups is 1. The van der Waals surface area contributed by atoms with Gasteiger partial charge in [-0.3, -0.25) is 4.79 Å². The molecular weight excluding hydrogens is 272 g/mol. The average molecular weight is 285 g/mol. The van der Waals surface area contributed by atoms with Gasteiger partial charge >= 0.3 is 0 Å². The van der Waals surface area contributed by atoms with Crippen molar-refractivity contribution in [1.82, 2.24) is 4.98 Å². The summed E-state index contributed by atoms with van der Waals surface area (Å²) in [6.07, 6.45) is 3.31. The monoisotopic (exact) mass is 284 g/mol. The summed E-state index contributed by atoms with van der Waals surface area (Å²) in [7, 11) is 0. The molecule has 16 heavy (non-hydrogen) atoms. The number of ether oxygens (including phenoxy) is 1. The summed E-state index contributed by atoms with van der Waals surface area (Å²) in [5.41, 5.74) is -0.711. The van der Waals surface area contributed by atoms with Crippen LogP contribution in [0.1, 0.15) is 19.8 Å². The van der Waals surface area contributed by atoms with Crippen LogP contribution >= 0.6 is 15.9 Å². The standard InChI is InChI=1S/C11H13BrN2O2/c1-11(5-3-7-16-11)10(15)14-9-8(12)4-2-6-13-9/h2,4,6H,3,5,7H2,1H3,(H,13,14,15). The molecule has 2 heterocycles. The molecule has 1 aromatic heterocycles. The zero-order valence-electron chi connectivity index (χ0n) is 9.00. The number of nitrogens with one attached hydrogen (secondary N) is 1. The number of nitrogens with zero attached hydrogens (tertiary/aromatic N) is 1. The Morgan fingerprint density at radius 3 is 3.12 bits per heavy atom. The molecule has 4 nitrogen and oxygen atoms in total. The molecular formula is C11H13BrN2O2. The Morgan fingerprint density at radius 2 is 2.50 bits per heavy atom. The Hall–Kier alpha value is -0.940. The molecule has 1 amide bonds. The van der Waals surface area contributed by atoms with Crippen LogP contribution in [-0.4, -0.2) is 23.1 Å². The molecule has 0 aliphatic carbocycles. The number of carbonyl (C=O) groups excluding carboxylic acids is 1. The molecule has 0 aromatic carbocycles. The number of hydrogen-bond acceptors (Lipinski definition) is 3. The molecule has 2 rings (SSSR count). The van der Waals surface area contributed by atoms with Crippen LogP contribution in [0.2, 0.25) is 0 Å². The van der Waals surface area contributed by atoms with Crippen molar-refractivity contribution in [2.45, 2.75) is 25.4 Å². The fourth-order valence-electron chi connectivity index (χ4n) is 1.68.